The van der Waals surface area contributed by atoms with E-state index in [4.69, 9.17) is 9.47 Å². The van der Waals surface area contributed by atoms with Crippen molar-refractivity contribution in [1.29, 1.82) is 0 Å². The van der Waals surface area contributed by atoms with Gasteiger partial charge in [0.15, 0.2) is 0 Å². The maximum atomic E-state index is 14.7. The van der Waals surface area contributed by atoms with Crippen molar-refractivity contribution in [3.63, 3.8) is 0 Å². The summed E-state index contributed by atoms with van der Waals surface area (Å²) < 4.78 is 11.6. The molecule has 1 aliphatic heterocycles. The standard InChI is InChI=1S/C32H38N2O6S/c1-30(2,3)23-14-13-21(17-24(23)39-7)27(35)34-25(26-33-15-16-41-26)22(28(36)37)19-32(34,29(38)40-31(4,5)6)18-20-11-9-8-10-12-20/h8-17,22,25H,18-19H2,1-7H3,(H,36,37)/t22-,25-,32+/m1/s1. The molecule has 1 aliphatic rings. The minimum absolute atomic E-state index is 0.0807. The van der Waals surface area contributed by atoms with Gasteiger partial charge in [0, 0.05) is 23.6 Å². The molecule has 2 aromatic carbocycles. The van der Waals surface area contributed by atoms with Crippen LogP contribution in [0, 0.1) is 5.92 Å². The van der Waals surface area contributed by atoms with Crippen LogP contribution >= 0.6 is 11.3 Å². The number of ether oxygens (including phenoxy) is 2. The van der Waals surface area contributed by atoms with Crippen LogP contribution in [0.15, 0.2) is 60.1 Å². The van der Waals surface area contributed by atoms with Crippen LogP contribution in [0.5, 0.6) is 5.75 Å². The minimum atomic E-state index is -1.61. The number of carbonyl (C=O) groups is 3. The van der Waals surface area contributed by atoms with E-state index in [9.17, 15) is 19.5 Å². The van der Waals surface area contributed by atoms with E-state index in [2.05, 4.69) is 25.8 Å². The third kappa shape index (κ3) is 6.15. The van der Waals surface area contributed by atoms with Crippen molar-refractivity contribution in [3.8, 4) is 5.75 Å². The number of rotatable bonds is 7. The second-order valence-electron chi connectivity index (χ2n) is 12.5. The van der Waals surface area contributed by atoms with Gasteiger partial charge in [0.1, 0.15) is 21.9 Å². The number of hydrogen-bond acceptors (Lipinski definition) is 7. The normalized spacial score (nSPS) is 21.0. The molecule has 3 atom stereocenters. The predicted molar refractivity (Wildman–Crippen MR) is 157 cm³/mol. The molecule has 0 unspecified atom stereocenters. The molecule has 9 heteroatoms. The molecule has 41 heavy (non-hydrogen) atoms. The molecular formula is C32H38N2O6S. The Bertz CT molecular complexity index is 1410. The fraction of sp³-hybridized carbons (Fsp3) is 0.438. The number of carboxylic acid groups (broad SMARTS) is 1. The molecule has 1 saturated heterocycles. The summed E-state index contributed by atoms with van der Waals surface area (Å²) in [6.07, 6.45) is 1.53. The highest BCUT2D eigenvalue weighted by atomic mass is 32.1. The first-order chi connectivity index (χ1) is 19.2. The van der Waals surface area contributed by atoms with Crippen LogP contribution in [-0.4, -0.2) is 51.1 Å². The zero-order valence-corrected chi connectivity index (χ0v) is 25.5. The topological polar surface area (TPSA) is 106 Å². The van der Waals surface area contributed by atoms with E-state index in [1.807, 2.05) is 36.4 Å². The van der Waals surface area contributed by atoms with Gasteiger partial charge in [-0.1, -0.05) is 57.2 Å². The van der Waals surface area contributed by atoms with Crippen molar-refractivity contribution in [3.05, 3.63) is 81.8 Å². The number of benzene rings is 2. The maximum Gasteiger partial charge on any atom is 0.332 e. The Morgan fingerprint density at radius 1 is 1.07 bits per heavy atom. The number of carboxylic acids is 1. The molecule has 4 rings (SSSR count). The Labute approximate surface area is 245 Å². The van der Waals surface area contributed by atoms with Crippen LogP contribution < -0.4 is 4.74 Å². The number of methoxy groups -OCH3 is 1. The number of aromatic nitrogens is 1. The molecule has 1 N–H and O–H groups in total. The first kappa shape index (κ1) is 30.2. The van der Waals surface area contributed by atoms with Crippen LogP contribution in [0.3, 0.4) is 0 Å². The number of nitrogens with zero attached hydrogens (tertiary/aromatic N) is 2. The third-order valence-corrected chi connectivity index (χ3v) is 8.14. The summed E-state index contributed by atoms with van der Waals surface area (Å²) in [5.41, 5.74) is -0.748. The second kappa shape index (κ2) is 11.3. The highest BCUT2D eigenvalue weighted by Crippen LogP contribution is 2.51. The lowest BCUT2D eigenvalue weighted by atomic mass is 9.84. The van der Waals surface area contributed by atoms with Crippen molar-refractivity contribution in [2.75, 3.05) is 7.11 Å². The minimum Gasteiger partial charge on any atom is -0.496 e. The van der Waals surface area contributed by atoms with Gasteiger partial charge in [-0.2, -0.15) is 0 Å². The van der Waals surface area contributed by atoms with Gasteiger partial charge in [0.05, 0.1) is 19.1 Å². The molecule has 0 saturated carbocycles. The summed E-state index contributed by atoms with van der Waals surface area (Å²) in [5, 5.41) is 12.6. The van der Waals surface area contributed by atoms with Gasteiger partial charge in [0.2, 0.25) is 0 Å². The molecule has 218 valence electrons. The lowest BCUT2D eigenvalue weighted by molar-refractivity contribution is -0.167. The van der Waals surface area contributed by atoms with E-state index >= 15 is 0 Å². The molecule has 0 spiro atoms. The van der Waals surface area contributed by atoms with Crippen LogP contribution in [-0.2, 0) is 26.2 Å². The zero-order chi connectivity index (χ0) is 30.2. The fourth-order valence-electron chi connectivity index (χ4n) is 5.53. The lowest BCUT2D eigenvalue weighted by Crippen LogP contribution is -2.57. The van der Waals surface area contributed by atoms with E-state index in [-0.39, 0.29) is 23.8 Å². The molecule has 1 fully saturated rings. The fourth-order valence-corrected chi connectivity index (χ4v) is 6.32. The van der Waals surface area contributed by atoms with Gasteiger partial charge < -0.3 is 19.5 Å². The summed E-state index contributed by atoms with van der Waals surface area (Å²) in [4.78, 5) is 47.6. The monoisotopic (exact) mass is 578 g/mol. The Hall–Kier alpha value is -3.72. The number of thiazole rings is 1. The van der Waals surface area contributed by atoms with Gasteiger partial charge in [-0.25, -0.2) is 9.78 Å². The number of carbonyl (C=O) groups excluding carboxylic acids is 2. The van der Waals surface area contributed by atoms with E-state index in [0.29, 0.717) is 10.8 Å². The quantitative estimate of drug-likeness (QED) is 0.340. The van der Waals surface area contributed by atoms with Crippen LogP contribution in [0.4, 0.5) is 0 Å². The summed E-state index contributed by atoms with van der Waals surface area (Å²) in [7, 11) is 1.55. The van der Waals surface area contributed by atoms with Gasteiger partial charge in [-0.3, -0.25) is 9.59 Å². The average Bonchev–Trinajstić information content (AvgIpc) is 3.54. The Kier molecular flexibility index (Phi) is 8.32. The first-order valence-electron chi connectivity index (χ1n) is 13.6. The summed E-state index contributed by atoms with van der Waals surface area (Å²) in [6, 6.07) is 13.5. The zero-order valence-electron chi connectivity index (χ0n) is 24.6. The lowest BCUT2D eigenvalue weighted by Gasteiger charge is -2.40. The molecular weight excluding hydrogens is 540 g/mol. The second-order valence-corrected chi connectivity index (χ2v) is 13.4. The van der Waals surface area contributed by atoms with E-state index in [1.165, 1.54) is 16.2 Å². The van der Waals surface area contributed by atoms with Gasteiger partial charge >= 0.3 is 11.9 Å². The van der Waals surface area contributed by atoms with Crippen LogP contribution in [0.1, 0.15) is 80.5 Å². The number of likely N-dealkylation sites (tertiary alicyclic amines) is 1. The van der Waals surface area contributed by atoms with E-state index < -0.39 is 40.9 Å². The van der Waals surface area contributed by atoms with Crippen molar-refractivity contribution >= 4 is 29.2 Å². The molecule has 1 amide bonds. The molecule has 2 heterocycles. The van der Waals surface area contributed by atoms with Crippen molar-refractivity contribution in [1.82, 2.24) is 9.88 Å². The Morgan fingerprint density at radius 3 is 2.29 bits per heavy atom. The van der Waals surface area contributed by atoms with Crippen molar-refractivity contribution < 1.29 is 29.0 Å². The molecule has 3 aromatic rings. The molecule has 1 aromatic heterocycles. The highest BCUT2D eigenvalue weighted by Gasteiger charge is 2.62. The SMILES string of the molecule is COc1cc(C(=O)N2[C@@H](c3nccs3)[C@H](C(=O)O)C[C@@]2(Cc2ccccc2)C(=O)OC(C)(C)C)ccc1C(C)(C)C. The molecule has 0 aliphatic carbocycles. The number of aliphatic carboxylic acids is 1. The van der Waals surface area contributed by atoms with Crippen LogP contribution in [0.25, 0.3) is 0 Å². The largest absolute Gasteiger partial charge is 0.496 e. The third-order valence-electron chi connectivity index (χ3n) is 7.29. The van der Waals surface area contributed by atoms with Crippen molar-refractivity contribution in [2.24, 2.45) is 5.92 Å². The summed E-state index contributed by atoms with van der Waals surface area (Å²) in [5.74, 6) is -2.80. The van der Waals surface area contributed by atoms with E-state index in [1.54, 1.807) is 51.6 Å². The predicted octanol–water partition coefficient (Wildman–Crippen LogP) is 6.06. The van der Waals surface area contributed by atoms with Gasteiger partial charge in [-0.05, 0) is 55.9 Å². The average molecular weight is 579 g/mol. The summed E-state index contributed by atoms with van der Waals surface area (Å²) in [6.45, 7) is 11.4. The molecule has 0 radical (unpaired) electrons. The molecule has 8 nitrogen and oxygen atoms in total. The number of hydrogen-bond donors (Lipinski definition) is 1. The highest BCUT2D eigenvalue weighted by molar-refractivity contribution is 7.09. The van der Waals surface area contributed by atoms with Gasteiger partial charge in [-0.15, -0.1) is 11.3 Å². The van der Waals surface area contributed by atoms with Gasteiger partial charge in [0.25, 0.3) is 5.91 Å². The van der Waals surface area contributed by atoms with Crippen LogP contribution in [0.2, 0.25) is 0 Å². The summed E-state index contributed by atoms with van der Waals surface area (Å²) >= 11 is 1.26. The number of esters is 1. The smallest absolute Gasteiger partial charge is 0.332 e. The number of amides is 1. The van der Waals surface area contributed by atoms with E-state index in [0.717, 1.165) is 11.1 Å². The Morgan fingerprint density at radius 2 is 1.76 bits per heavy atom. The first-order valence-corrected chi connectivity index (χ1v) is 14.5. The maximum absolute atomic E-state index is 14.7. The molecule has 0 bridgehead atoms. The Balaban J connectivity index is 1.97. The van der Waals surface area contributed by atoms with Crippen molar-refractivity contribution in [2.45, 2.75) is 77.0 Å².